The SMILES string of the molecule is CC(C)(C)c1ccn2cccc2c1. The highest BCUT2D eigenvalue weighted by molar-refractivity contribution is 5.50. The van der Waals surface area contributed by atoms with Crippen LogP contribution in [0.15, 0.2) is 36.7 Å². The summed E-state index contributed by atoms with van der Waals surface area (Å²) < 4.78 is 2.13. The molecule has 2 aromatic rings. The van der Waals surface area contributed by atoms with Crippen LogP contribution in [0.3, 0.4) is 0 Å². The van der Waals surface area contributed by atoms with Gasteiger partial charge in [0.15, 0.2) is 0 Å². The van der Waals surface area contributed by atoms with Crippen molar-refractivity contribution in [3.63, 3.8) is 0 Å². The van der Waals surface area contributed by atoms with Gasteiger partial charge in [0.05, 0.1) is 0 Å². The smallest absolute Gasteiger partial charge is 0.0452 e. The van der Waals surface area contributed by atoms with Gasteiger partial charge in [-0.25, -0.2) is 0 Å². The van der Waals surface area contributed by atoms with E-state index in [1.54, 1.807) is 0 Å². The third-order valence-electron chi connectivity index (χ3n) is 2.40. The van der Waals surface area contributed by atoms with E-state index in [1.807, 2.05) is 0 Å². The van der Waals surface area contributed by atoms with E-state index >= 15 is 0 Å². The molecule has 68 valence electrons. The molecule has 1 nitrogen and oxygen atoms in total. The molecule has 0 fully saturated rings. The fraction of sp³-hybridized carbons (Fsp3) is 0.333. The molecule has 13 heavy (non-hydrogen) atoms. The van der Waals surface area contributed by atoms with Crippen LogP contribution in [-0.2, 0) is 5.41 Å². The van der Waals surface area contributed by atoms with Gasteiger partial charge in [0.25, 0.3) is 0 Å². The largest absolute Gasteiger partial charge is 0.324 e. The van der Waals surface area contributed by atoms with Crippen molar-refractivity contribution in [3.8, 4) is 0 Å². The summed E-state index contributed by atoms with van der Waals surface area (Å²) in [6, 6.07) is 8.64. The lowest BCUT2D eigenvalue weighted by molar-refractivity contribution is 0.590. The van der Waals surface area contributed by atoms with Crippen LogP contribution >= 0.6 is 0 Å². The number of pyridine rings is 1. The minimum Gasteiger partial charge on any atom is -0.324 e. The van der Waals surface area contributed by atoms with Crippen LogP contribution in [0.2, 0.25) is 0 Å². The van der Waals surface area contributed by atoms with Gasteiger partial charge in [-0.3, -0.25) is 0 Å². The van der Waals surface area contributed by atoms with Gasteiger partial charge in [-0.15, -0.1) is 0 Å². The number of hydrogen-bond donors (Lipinski definition) is 0. The highest BCUT2D eigenvalue weighted by Crippen LogP contribution is 2.23. The van der Waals surface area contributed by atoms with Gasteiger partial charge in [-0.1, -0.05) is 20.8 Å². The molecule has 0 aliphatic heterocycles. The maximum absolute atomic E-state index is 2.25. The van der Waals surface area contributed by atoms with Crippen molar-refractivity contribution < 1.29 is 0 Å². The Kier molecular flexibility index (Phi) is 1.69. The van der Waals surface area contributed by atoms with Crippen LogP contribution in [-0.4, -0.2) is 4.40 Å². The molecule has 0 atom stereocenters. The van der Waals surface area contributed by atoms with Crippen LogP contribution in [0, 0.1) is 0 Å². The van der Waals surface area contributed by atoms with Crippen LogP contribution in [0.5, 0.6) is 0 Å². The Labute approximate surface area is 79.0 Å². The minimum atomic E-state index is 0.242. The molecular weight excluding hydrogens is 158 g/mol. The third kappa shape index (κ3) is 1.46. The molecule has 0 aromatic carbocycles. The Bertz CT molecular complexity index is 418. The molecule has 0 saturated heterocycles. The quantitative estimate of drug-likeness (QED) is 0.576. The van der Waals surface area contributed by atoms with E-state index in [4.69, 9.17) is 0 Å². The van der Waals surface area contributed by atoms with Gasteiger partial charge in [0.2, 0.25) is 0 Å². The standard InChI is InChI=1S/C12H15N/c1-12(2,3)10-6-8-13-7-4-5-11(13)9-10/h4-9H,1-3H3. The molecule has 0 N–H and O–H groups in total. The molecule has 2 heterocycles. The van der Waals surface area contributed by atoms with Crippen LogP contribution in [0.1, 0.15) is 26.3 Å². The van der Waals surface area contributed by atoms with Crippen molar-refractivity contribution in [2.45, 2.75) is 26.2 Å². The first-order valence-corrected chi connectivity index (χ1v) is 4.64. The second-order valence-electron chi connectivity index (χ2n) is 4.51. The van der Waals surface area contributed by atoms with Crippen molar-refractivity contribution in [1.82, 2.24) is 4.40 Å². The first-order valence-electron chi connectivity index (χ1n) is 4.64. The fourth-order valence-corrected chi connectivity index (χ4v) is 1.50. The summed E-state index contributed by atoms with van der Waals surface area (Å²) in [5.74, 6) is 0. The molecule has 2 aromatic heterocycles. The topological polar surface area (TPSA) is 4.41 Å². The lowest BCUT2D eigenvalue weighted by Gasteiger charge is -2.18. The van der Waals surface area contributed by atoms with Gasteiger partial charge < -0.3 is 4.40 Å². The van der Waals surface area contributed by atoms with Crippen LogP contribution in [0.4, 0.5) is 0 Å². The Morgan fingerprint density at radius 1 is 1.08 bits per heavy atom. The van der Waals surface area contributed by atoms with Gasteiger partial charge >= 0.3 is 0 Å². The normalized spacial score (nSPS) is 12.2. The summed E-state index contributed by atoms with van der Waals surface area (Å²) in [7, 11) is 0. The van der Waals surface area contributed by atoms with Crippen molar-refractivity contribution in [2.24, 2.45) is 0 Å². The van der Waals surface area contributed by atoms with Gasteiger partial charge in [0, 0.05) is 17.9 Å². The summed E-state index contributed by atoms with van der Waals surface area (Å²) in [5, 5.41) is 0. The number of aromatic nitrogens is 1. The third-order valence-corrected chi connectivity index (χ3v) is 2.40. The summed E-state index contributed by atoms with van der Waals surface area (Å²) in [6.07, 6.45) is 4.19. The van der Waals surface area contributed by atoms with Crippen molar-refractivity contribution in [2.75, 3.05) is 0 Å². The maximum atomic E-state index is 2.25. The molecular formula is C12H15N. The predicted octanol–water partition coefficient (Wildman–Crippen LogP) is 3.24. The molecule has 0 spiro atoms. The summed E-state index contributed by atoms with van der Waals surface area (Å²) in [5.41, 5.74) is 2.90. The van der Waals surface area contributed by atoms with Crippen LogP contribution in [0.25, 0.3) is 5.52 Å². The van der Waals surface area contributed by atoms with E-state index in [1.165, 1.54) is 11.1 Å². The van der Waals surface area contributed by atoms with Gasteiger partial charge in [-0.2, -0.15) is 0 Å². The van der Waals surface area contributed by atoms with E-state index in [9.17, 15) is 0 Å². The molecule has 1 heteroatoms. The minimum absolute atomic E-state index is 0.242. The summed E-state index contributed by atoms with van der Waals surface area (Å²) in [4.78, 5) is 0. The van der Waals surface area contributed by atoms with Crippen LogP contribution < -0.4 is 0 Å². The van der Waals surface area contributed by atoms with E-state index in [0.717, 1.165) is 0 Å². The Hall–Kier alpha value is -1.24. The van der Waals surface area contributed by atoms with Gasteiger partial charge in [0.1, 0.15) is 0 Å². The van der Waals surface area contributed by atoms with E-state index in [-0.39, 0.29) is 5.41 Å². The lowest BCUT2D eigenvalue weighted by atomic mass is 9.88. The second-order valence-corrected chi connectivity index (χ2v) is 4.51. The van der Waals surface area contributed by atoms with Crippen molar-refractivity contribution in [3.05, 3.63) is 42.2 Å². The zero-order chi connectivity index (χ0) is 9.47. The molecule has 0 bridgehead atoms. The van der Waals surface area contributed by atoms with E-state index < -0.39 is 0 Å². The van der Waals surface area contributed by atoms with Gasteiger partial charge in [-0.05, 0) is 35.2 Å². The number of nitrogens with zero attached hydrogens (tertiary/aromatic N) is 1. The number of hydrogen-bond acceptors (Lipinski definition) is 0. The Morgan fingerprint density at radius 3 is 2.54 bits per heavy atom. The Balaban J connectivity index is 2.61. The Morgan fingerprint density at radius 2 is 1.85 bits per heavy atom. The zero-order valence-electron chi connectivity index (χ0n) is 8.41. The average molecular weight is 173 g/mol. The second kappa shape index (κ2) is 2.63. The first-order chi connectivity index (χ1) is 6.07. The highest BCUT2D eigenvalue weighted by Gasteiger charge is 2.13. The highest BCUT2D eigenvalue weighted by atomic mass is 14.8. The molecule has 0 radical (unpaired) electrons. The zero-order valence-corrected chi connectivity index (χ0v) is 8.41. The molecule has 0 aliphatic rings. The summed E-state index contributed by atoms with van der Waals surface area (Å²) >= 11 is 0. The predicted molar refractivity (Wildman–Crippen MR) is 56.1 cm³/mol. The monoisotopic (exact) mass is 173 g/mol. The van der Waals surface area contributed by atoms with E-state index in [2.05, 4.69) is 61.8 Å². The average Bonchev–Trinajstić information content (AvgIpc) is 2.47. The van der Waals surface area contributed by atoms with E-state index in [0.29, 0.717) is 0 Å². The summed E-state index contributed by atoms with van der Waals surface area (Å²) in [6.45, 7) is 6.71. The molecule has 0 amide bonds. The molecule has 0 unspecified atom stereocenters. The van der Waals surface area contributed by atoms with Crippen molar-refractivity contribution >= 4 is 5.52 Å². The van der Waals surface area contributed by atoms with Crippen molar-refractivity contribution in [1.29, 1.82) is 0 Å². The lowest BCUT2D eigenvalue weighted by Crippen LogP contribution is -2.10. The maximum Gasteiger partial charge on any atom is 0.0452 e. The fourth-order valence-electron chi connectivity index (χ4n) is 1.50. The molecule has 2 rings (SSSR count). The number of rotatable bonds is 0. The molecule has 0 aliphatic carbocycles. The first kappa shape index (κ1) is 8.36. The molecule has 0 saturated carbocycles. The number of fused-ring (bicyclic) bond motifs is 1.